The molecule has 0 amide bonds. The fourth-order valence-corrected chi connectivity index (χ4v) is 5.89. The van der Waals surface area contributed by atoms with Crippen molar-refractivity contribution in [3.05, 3.63) is 35.8 Å². The maximum Gasteiger partial charge on any atom is 0.161 e. The van der Waals surface area contributed by atoms with Crippen LogP contribution >= 0.6 is 0 Å². The van der Waals surface area contributed by atoms with Gasteiger partial charge in [-0.05, 0) is 67.9 Å². The fourth-order valence-electron chi connectivity index (χ4n) is 5.89. The van der Waals surface area contributed by atoms with Crippen molar-refractivity contribution >= 4 is 0 Å². The third kappa shape index (κ3) is 2.02. The van der Waals surface area contributed by atoms with Crippen LogP contribution in [0.1, 0.15) is 52.0 Å². The molecule has 6 atom stereocenters. The summed E-state index contributed by atoms with van der Waals surface area (Å²) in [7, 11) is 0. The monoisotopic (exact) mass is 316 g/mol. The molecule has 6 unspecified atom stereocenters. The minimum atomic E-state index is -0.632. The molecule has 126 valence electrons. The number of rotatable bonds is 3. The van der Waals surface area contributed by atoms with Crippen LogP contribution < -0.4 is 0 Å². The molecule has 2 bridgehead atoms. The SMILES string of the molecule is CC1=CCCC2C1(C)CC1OC(O)C2(CCc2ccoc2)C1C. The summed E-state index contributed by atoms with van der Waals surface area (Å²) in [5, 5.41) is 10.9. The average molecular weight is 316 g/mol. The Balaban J connectivity index is 1.72. The first kappa shape index (κ1) is 15.5. The molecule has 1 saturated carbocycles. The number of ether oxygens (including phenoxy) is 1. The van der Waals surface area contributed by atoms with Crippen molar-refractivity contribution in [1.82, 2.24) is 0 Å². The number of aliphatic hydroxyl groups is 1. The van der Waals surface area contributed by atoms with Crippen molar-refractivity contribution in [3.63, 3.8) is 0 Å². The van der Waals surface area contributed by atoms with E-state index in [0.717, 1.165) is 32.1 Å². The second kappa shape index (κ2) is 5.22. The summed E-state index contributed by atoms with van der Waals surface area (Å²) in [4.78, 5) is 0. The predicted octanol–water partition coefficient (Wildman–Crippen LogP) is 4.32. The average Bonchev–Trinajstić information content (AvgIpc) is 3.08. The van der Waals surface area contributed by atoms with Crippen LogP contribution in [0.4, 0.5) is 0 Å². The van der Waals surface area contributed by atoms with Crippen LogP contribution in [0.2, 0.25) is 0 Å². The summed E-state index contributed by atoms with van der Waals surface area (Å²) < 4.78 is 11.3. The van der Waals surface area contributed by atoms with Crippen LogP contribution in [0.5, 0.6) is 0 Å². The standard InChI is InChI=1S/C20H28O3/c1-13-5-4-6-17-19(13,3)11-16-14(2)20(17,18(21)23-16)9-7-15-8-10-22-12-15/h5,8,10,12,14,16-18,21H,4,6-7,9,11H2,1-3H3. The molecule has 1 saturated heterocycles. The van der Waals surface area contributed by atoms with E-state index in [-0.39, 0.29) is 16.9 Å². The van der Waals surface area contributed by atoms with Crippen molar-refractivity contribution in [2.75, 3.05) is 0 Å². The molecule has 3 heteroatoms. The number of aryl methyl sites for hydroxylation is 1. The van der Waals surface area contributed by atoms with E-state index >= 15 is 0 Å². The highest BCUT2D eigenvalue weighted by Gasteiger charge is 2.66. The minimum Gasteiger partial charge on any atom is -0.472 e. The van der Waals surface area contributed by atoms with Crippen molar-refractivity contribution in [2.24, 2.45) is 22.7 Å². The van der Waals surface area contributed by atoms with Gasteiger partial charge >= 0.3 is 0 Å². The highest BCUT2D eigenvalue weighted by Crippen LogP contribution is 2.67. The van der Waals surface area contributed by atoms with Gasteiger partial charge in [0, 0.05) is 5.41 Å². The minimum absolute atomic E-state index is 0.134. The van der Waals surface area contributed by atoms with E-state index in [1.165, 1.54) is 11.1 Å². The number of fused-ring (bicyclic) bond motifs is 4. The molecule has 23 heavy (non-hydrogen) atoms. The Bertz CT molecular complexity index is 604. The number of hydrogen-bond acceptors (Lipinski definition) is 3. The normalized spacial score (nSPS) is 45.7. The molecule has 0 aromatic carbocycles. The van der Waals surface area contributed by atoms with Crippen LogP contribution in [0.15, 0.2) is 34.7 Å². The molecule has 3 nitrogen and oxygen atoms in total. The van der Waals surface area contributed by atoms with E-state index in [4.69, 9.17) is 9.15 Å². The van der Waals surface area contributed by atoms with E-state index in [0.29, 0.717) is 11.8 Å². The summed E-state index contributed by atoms with van der Waals surface area (Å²) in [5.74, 6) is 0.907. The molecule has 1 aliphatic heterocycles. The zero-order valence-electron chi connectivity index (χ0n) is 14.4. The Morgan fingerprint density at radius 2 is 2.22 bits per heavy atom. The lowest BCUT2D eigenvalue weighted by Crippen LogP contribution is -2.54. The number of allylic oxidation sites excluding steroid dienone is 2. The van der Waals surface area contributed by atoms with Gasteiger partial charge in [0.25, 0.3) is 0 Å². The van der Waals surface area contributed by atoms with Crippen LogP contribution in [0.3, 0.4) is 0 Å². The van der Waals surface area contributed by atoms with Crippen molar-refractivity contribution in [2.45, 2.75) is 65.3 Å². The van der Waals surface area contributed by atoms with Gasteiger partial charge in [-0.3, -0.25) is 0 Å². The summed E-state index contributed by atoms with van der Waals surface area (Å²) in [6.07, 6.45) is 10.8. The Labute approximate surface area is 138 Å². The van der Waals surface area contributed by atoms with Crippen molar-refractivity contribution in [3.8, 4) is 0 Å². The van der Waals surface area contributed by atoms with Gasteiger partial charge in [-0.2, -0.15) is 0 Å². The van der Waals surface area contributed by atoms with Gasteiger partial charge in [-0.1, -0.05) is 25.5 Å². The number of furan rings is 1. The lowest BCUT2D eigenvalue weighted by molar-refractivity contribution is -0.150. The lowest BCUT2D eigenvalue weighted by atomic mass is 9.46. The van der Waals surface area contributed by atoms with E-state index < -0.39 is 6.29 Å². The Hall–Kier alpha value is -1.06. The maximum atomic E-state index is 10.9. The molecule has 1 aromatic rings. The number of hydrogen-bond donors (Lipinski definition) is 1. The number of aliphatic hydroxyl groups excluding tert-OH is 1. The van der Waals surface area contributed by atoms with Crippen molar-refractivity contribution < 1.29 is 14.3 Å². The third-order valence-electron chi connectivity index (χ3n) is 7.45. The summed E-state index contributed by atoms with van der Waals surface area (Å²) in [6.45, 7) is 6.97. The highest BCUT2D eigenvalue weighted by atomic mass is 16.6. The maximum absolute atomic E-state index is 10.9. The molecule has 1 N–H and O–H groups in total. The summed E-state index contributed by atoms with van der Waals surface area (Å²) in [5.41, 5.74) is 2.75. The molecule has 4 rings (SSSR count). The van der Waals surface area contributed by atoms with Crippen LogP contribution in [-0.4, -0.2) is 17.5 Å². The molecule has 1 aromatic heterocycles. The van der Waals surface area contributed by atoms with Gasteiger partial charge < -0.3 is 14.3 Å². The fraction of sp³-hybridized carbons (Fsp3) is 0.700. The van der Waals surface area contributed by atoms with Gasteiger partial charge in [0.15, 0.2) is 6.29 Å². The van der Waals surface area contributed by atoms with Gasteiger partial charge in [0.1, 0.15) is 0 Å². The highest BCUT2D eigenvalue weighted by molar-refractivity contribution is 5.25. The summed E-state index contributed by atoms with van der Waals surface area (Å²) in [6, 6.07) is 2.04. The van der Waals surface area contributed by atoms with Crippen LogP contribution in [0.25, 0.3) is 0 Å². The lowest BCUT2D eigenvalue weighted by Gasteiger charge is -2.56. The Morgan fingerprint density at radius 3 is 2.96 bits per heavy atom. The van der Waals surface area contributed by atoms with Crippen LogP contribution in [-0.2, 0) is 11.2 Å². The second-order valence-electron chi connectivity index (χ2n) is 8.20. The largest absolute Gasteiger partial charge is 0.472 e. The van der Waals surface area contributed by atoms with Gasteiger partial charge in [-0.25, -0.2) is 0 Å². The van der Waals surface area contributed by atoms with Crippen molar-refractivity contribution in [1.29, 1.82) is 0 Å². The second-order valence-corrected chi connectivity index (χ2v) is 8.20. The Morgan fingerprint density at radius 1 is 1.39 bits per heavy atom. The first-order chi connectivity index (χ1) is 11.0. The van der Waals surface area contributed by atoms with Gasteiger partial charge in [0.05, 0.1) is 18.6 Å². The third-order valence-corrected chi connectivity index (χ3v) is 7.45. The van der Waals surface area contributed by atoms with E-state index in [2.05, 4.69) is 26.8 Å². The molecule has 2 heterocycles. The molecule has 2 aliphatic carbocycles. The van der Waals surface area contributed by atoms with Gasteiger partial charge in [0.2, 0.25) is 0 Å². The Kier molecular flexibility index (Phi) is 3.51. The zero-order chi connectivity index (χ0) is 16.2. The molecule has 3 aliphatic rings. The topological polar surface area (TPSA) is 42.6 Å². The van der Waals surface area contributed by atoms with Crippen LogP contribution in [0, 0.1) is 22.7 Å². The first-order valence-electron chi connectivity index (χ1n) is 9.00. The first-order valence-corrected chi connectivity index (χ1v) is 9.00. The molecular formula is C20H28O3. The van der Waals surface area contributed by atoms with Gasteiger partial charge in [-0.15, -0.1) is 0 Å². The smallest absolute Gasteiger partial charge is 0.161 e. The predicted molar refractivity (Wildman–Crippen MR) is 88.7 cm³/mol. The molecule has 2 fully saturated rings. The molecule has 0 spiro atoms. The quantitative estimate of drug-likeness (QED) is 0.845. The molecular weight excluding hydrogens is 288 g/mol. The van der Waals surface area contributed by atoms with E-state index in [1.807, 2.05) is 12.3 Å². The zero-order valence-corrected chi connectivity index (χ0v) is 14.4. The van der Waals surface area contributed by atoms with E-state index in [1.54, 1.807) is 6.26 Å². The molecule has 0 radical (unpaired) electrons. The van der Waals surface area contributed by atoms with E-state index in [9.17, 15) is 5.11 Å². The summed E-state index contributed by atoms with van der Waals surface area (Å²) >= 11 is 0.